The van der Waals surface area contributed by atoms with Crippen LogP contribution in [0.5, 0.6) is 11.5 Å². The summed E-state index contributed by atoms with van der Waals surface area (Å²) >= 11 is 0. The molecule has 1 rings (SSSR count). The van der Waals surface area contributed by atoms with Gasteiger partial charge >= 0.3 is 5.97 Å². The average molecular weight is 281 g/mol. The quantitative estimate of drug-likeness (QED) is 0.771. The maximum absolute atomic E-state index is 11.9. The molecule has 0 saturated heterocycles. The molecule has 0 aliphatic carbocycles. The highest BCUT2D eigenvalue weighted by molar-refractivity contribution is 5.94. The van der Waals surface area contributed by atoms with E-state index in [9.17, 15) is 14.7 Å². The Balaban J connectivity index is 2.69. The molecule has 0 bridgehead atoms. The molecule has 20 heavy (non-hydrogen) atoms. The van der Waals surface area contributed by atoms with Crippen molar-refractivity contribution in [3.63, 3.8) is 0 Å². The minimum absolute atomic E-state index is 0.0130. The average Bonchev–Trinajstić information content (AvgIpc) is 2.44. The van der Waals surface area contributed by atoms with Crippen LogP contribution in [0.25, 0.3) is 0 Å². The first-order chi connectivity index (χ1) is 9.49. The SMILES string of the molecule is CCCNC(=O)[C@@H](C)OC(=O)c1ccc(OC)cc1O. The first kappa shape index (κ1) is 15.8. The predicted molar refractivity (Wildman–Crippen MR) is 72.8 cm³/mol. The summed E-state index contributed by atoms with van der Waals surface area (Å²) in [4.78, 5) is 23.4. The van der Waals surface area contributed by atoms with Crippen LogP contribution >= 0.6 is 0 Å². The summed E-state index contributed by atoms with van der Waals surface area (Å²) in [5.74, 6) is -0.958. The molecule has 1 aromatic carbocycles. The Morgan fingerprint density at radius 2 is 2.10 bits per heavy atom. The van der Waals surface area contributed by atoms with Gasteiger partial charge in [0.1, 0.15) is 17.1 Å². The van der Waals surface area contributed by atoms with E-state index in [-0.39, 0.29) is 17.2 Å². The molecule has 6 heteroatoms. The number of aromatic hydroxyl groups is 1. The van der Waals surface area contributed by atoms with Gasteiger partial charge in [0.15, 0.2) is 6.10 Å². The summed E-state index contributed by atoms with van der Waals surface area (Å²) in [6.07, 6.45) is -0.123. The third-order valence-electron chi connectivity index (χ3n) is 2.63. The molecule has 1 aromatic rings. The molecular weight excluding hydrogens is 262 g/mol. The second kappa shape index (κ2) is 7.37. The number of amides is 1. The van der Waals surface area contributed by atoms with Crippen molar-refractivity contribution >= 4 is 11.9 Å². The van der Waals surface area contributed by atoms with E-state index < -0.39 is 12.1 Å². The molecule has 0 aliphatic heterocycles. The van der Waals surface area contributed by atoms with E-state index in [1.807, 2.05) is 6.92 Å². The minimum atomic E-state index is -0.921. The van der Waals surface area contributed by atoms with Crippen molar-refractivity contribution in [2.24, 2.45) is 0 Å². The summed E-state index contributed by atoms with van der Waals surface area (Å²) in [7, 11) is 1.45. The van der Waals surface area contributed by atoms with Crippen LogP contribution in [0.3, 0.4) is 0 Å². The van der Waals surface area contributed by atoms with E-state index in [0.717, 1.165) is 6.42 Å². The second-order valence-electron chi connectivity index (χ2n) is 4.22. The number of carbonyl (C=O) groups is 2. The van der Waals surface area contributed by atoms with Gasteiger partial charge in [0, 0.05) is 12.6 Å². The zero-order valence-corrected chi connectivity index (χ0v) is 11.8. The Bertz CT molecular complexity index is 486. The van der Waals surface area contributed by atoms with Gasteiger partial charge < -0.3 is 19.9 Å². The van der Waals surface area contributed by atoms with Crippen LogP contribution in [0, 0.1) is 0 Å². The van der Waals surface area contributed by atoms with Gasteiger partial charge in [0.25, 0.3) is 5.91 Å². The summed E-state index contributed by atoms with van der Waals surface area (Å²) in [5.41, 5.74) is -0.0130. The van der Waals surface area contributed by atoms with Crippen LogP contribution in [-0.4, -0.2) is 36.7 Å². The number of benzene rings is 1. The summed E-state index contributed by atoms with van der Waals surface area (Å²) in [6, 6.07) is 4.21. The van der Waals surface area contributed by atoms with Gasteiger partial charge in [0.05, 0.1) is 7.11 Å². The first-order valence-corrected chi connectivity index (χ1v) is 6.35. The lowest BCUT2D eigenvalue weighted by Gasteiger charge is -2.13. The molecule has 6 nitrogen and oxygen atoms in total. The van der Waals surface area contributed by atoms with Crippen LogP contribution in [0.4, 0.5) is 0 Å². The number of phenolic OH excluding ortho intramolecular Hbond substituents is 1. The van der Waals surface area contributed by atoms with Gasteiger partial charge in [0.2, 0.25) is 0 Å². The van der Waals surface area contributed by atoms with E-state index in [1.54, 1.807) is 0 Å². The lowest BCUT2D eigenvalue weighted by molar-refractivity contribution is -0.129. The van der Waals surface area contributed by atoms with Gasteiger partial charge in [-0.1, -0.05) is 6.92 Å². The van der Waals surface area contributed by atoms with E-state index in [1.165, 1.54) is 32.2 Å². The fraction of sp³-hybridized carbons (Fsp3) is 0.429. The van der Waals surface area contributed by atoms with E-state index in [4.69, 9.17) is 9.47 Å². The molecule has 0 heterocycles. The van der Waals surface area contributed by atoms with Gasteiger partial charge in [-0.15, -0.1) is 0 Å². The van der Waals surface area contributed by atoms with Crippen LogP contribution in [0.1, 0.15) is 30.6 Å². The van der Waals surface area contributed by atoms with Crippen molar-refractivity contribution in [2.75, 3.05) is 13.7 Å². The predicted octanol–water partition coefficient (Wildman–Crippen LogP) is 1.47. The summed E-state index contributed by atoms with van der Waals surface area (Å²) in [5, 5.41) is 12.3. The number of rotatable bonds is 6. The number of hydrogen-bond acceptors (Lipinski definition) is 5. The Kier molecular flexibility index (Phi) is 5.83. The van der Waals surface area contributed by atoms with Crippen molar-refractivity contribution in [2.45, 2.75) is 26.4 Å². The van der Waals surface area contributed by atoms with Gasteiger partial charge in [-0.25, -0.2) is 4.79 Å². The Morgan fingerprint density at radius 1 is 1.40 bits per heavy atom. The highest BCUT2D eigenvalue weighted by Gasteiger charge is 2.20. The number of nitrogens with one attached hydrogen (secondary N) is 1. The molecule has 110 valence electrons. The third-order valence-corrected chi connectivity index (χ3v) is 2.63. The maximum Gasteiger partial charge on any atom is 0.342 e. The van der Waals surface area contributed by atoms with Crippen LogP contribution < -0.4 is 10.1 Å². The Hall–Kier alpha value is -2.24. The fourth-order valence-electron chi connectivity index (χ4n) is 1.48. The molecule has 0 fully saturated rings. The molecular formula is C14H19NO5. The number of methoxy groups -OCH3 is 1. The van der Waals surface area contributed by atoms with Crippen molar-refractivity contribution < 1.29 is 24.2 Å². The zero-order valence-electron chi connectivity index (χ0n) is 11.8. The van der Waals surface area contributed by atoms with Crippen LogP contribution in [-0.2, 0) is 9.53 Å². The summed E-state index contributed by atoms with van der Waals surface area (Å²) < 4.78 is 9.91. The molecule has 0 spiro atoms. The molecule has 0 aromatic heterocycles. The number of hydrogen-bond donors (Lipinski definition) is 2. The van der Waals surface area contributed by atoms with Crippen molar-refractivity contribution in [3.05, 3.63) is 23.8 Å². The van der Waals surface area contributed by atoms with Gasteiger partial charge in [-0.05, 0) is 25.5 Å². The van der Waals surface area contributed by atoms with Crippen molar-refractivity contribution in [3.8, 4) is 11.5 Å². The zero-order chi connectivity index (χ0) is 15.1. The first-order valence-electron chi connectivity index (χ1n) is 6.35. The molecule has 0 saturated carbocycles. The van der Waals surface area contributed by atoms with Gasteiger partial charge in [-0.2, -0.15) is 0 Å². The molecule has 2 N–H and O–H groups in total. The standard InChI is InChI=1S/C14H19NO5/c1-4-7-15-13(17)9(2)20-14(18)11-6-5-10(19-3)8-12(11)16/h5-6,8-9,16H,4,7H2,1-3H3,(H,15,17)/t9-/m1/s1. The number of phenols is 1. The number of ether oxygens (including phenoxy) is 2. The lowest BCUT2D eigenvalue weighted by Crippen LogP contribution is -2.36. The maximum atomic E-state index is 11.9. The fourth-order valence-corrected chi connectivity index (χ4v) is 1.48. The topological polar surface area (TPSA) is 84.9 Å². The highest BCUT2D eigenvalue weighted by Crippen LogP contribution is 2.24. The van der Waals surface area contributed by atoms with Crippen molar-refractivity contribution in [1.29, 1.82) is 0 Å². The lowest BCUT2D eigenvalue weighted by atomic mass is 10.2. The number of esters is 1. The number of carbonyl (C=O) groups excluding carboxylic acids is 2. The normalized spacial score (nSPS) is 11.6. The van der Waals surface area contributed by atoms with E-state index >= 15 is 0 Å². The van der Waals surface area contributed by atoms with Gasteiger partial charge in [-0.3, -0.25) is 4.79 Å². The van der Waals surface area contributed by atoms with Crippen LogP contribution in [0.15, 0.2) is 18.2 Å². The molecule has 1 amide bonds. The second-order valence-corrected chi connectivity index (χ2v) is 4.22. The largest absolute Gasteiger partial charge is 0.507 e. The monoisotopic (exact) mass is 281 g/mol. The molecule has 0 unspecified atom stereocenters. The Labute approximate surface area is 117 Å². The molecule has 1 atom stereocenters. The highest BCUT2D eigenvalue weighted by atomic mass is 16.5. The minimum Gasteiger partial charge on any atom is -0.507 e. The van der Waals surface area contributed by atoms with Crippen molar-refractivity contribution in [1.82, 2.24) is 5.32 Å². The molecule has 0 aliphatic rings. The third kappa shape index (κ3) is 4.15. The molecule has 0 radical (unpaired) electrons. The van der Waals surface area contributed by atoms with Crippen LogP contribution in [0.2, 0.25) is 0 Å². The smallest absolute Gasteiger partial charge is 0.342 e. The van der Waals surface area contributed by atoms with E-state index in [0.29, 0.717) is 12.3 Å². The van der Waals surface area contributed by atoms with E-state index in [2.05, 4.69) is 5.32 Å². The Morgan fingerprint density at radius 3 is 2.65 bits per heavy atom. The summed E-state index contributed by atoms with van der Waals surface area (Å²) in [6.45, 7) is 3.92.